The largest absolute Gasteiger partial charge is 0.351 e. The lowest BCUT2D eigenvalue weighted by Crippen LogP contribution is -2.31. The predicted octanol–water partition coefficient (Wildman–Crippen LogP) is 3.09. The maximum atomic E-state index is 12.3. The molecule has 0 aromatic carbocycles. The van der Waals surface area contributed by atoms with Crippen LogP contribution in [-0.4, -0.2) is 39.9 Å². The van der Waals surface area contributed by atoms with E-state index in [4.69, 9.17) is 0 Å². The molecule has 0 atom stereocenters. The minimum Gasteiger partial charge on any atom is -0.351 e. The molecule has 0 unspecified atom stereocenters. The molecule has 2 rings (SSSR count). The standard InChI is InChI=1S/C16H26N4O/c1-3-20(4-2)15(21)14-11-12-17-16(19-14)18-13-9-7-5-6-8-10-13/h11-13H,3-10H2,1-2H3,(H,17,18,19). The van der Waals surface area contributed by atoms with Gasteiger partial charge < -0.3 is 10.2 Å². The third-order valence-electron chi connectivity index (χ3n) is 4.11. The van der Waals surface area contributed by atoms with Crippen LogP contribution in [0.1, 0.15) is 62.9 Å². The molecule has 1 heterocycles. The fraction of sp³-hybridized carbons (Fsp3) is 0.688. The summed E-state index contributed by atoms with van der Waals surface area (Å²) in [5, 5.41) is 3.40. The molecule has 1 aliphatic rings. The Labute approximate surface area is 127 Å². The van der Waals surface area contributed by atoms with E-state index in [2.05, 4.69) is 15.3 Å². The van der Waals surface area contributed by atoms with Crippen molar-refractivity contribution in [2.45, 2.75) is 58.4 Å². The molecule has 0 spiro atoms. The third kappa shape index (κ3) is 4.41. The van der Waals surface area contributed by atoms with Gasteiger partial charge in [-0.25, -0.2) is 9.97 Å². The van der Waals surface area contributed by atoms with Crippen LogP contribution in [0.4, 0.5) is 5.95 Å². The van der Waals surface area contributed by atoms with Gasteiger partial charge in [0.25, 0.3) is 5.91 Å². The van der Waals surface area contributed by atoms with Crippen molar-refractivity contribution in [1.82, 2.24) is 14.9 Å². The molecule has 1 fully saturated rings. The van der Waals surface area contributed by atoms with E-state index in [1.807, 2.05) is 13.8 Å². The highest BCUT2D eigenvalue weighted by molar-refractivity contribution is 5.92. The lowest BCUT2D eigenvalue weighted by atomic mass is 10.1. The number of hydrogen-bond acceptors (Lipinski definition) is 4. The second-order valence-corrected chi connectivity index (χ2v) is 5.58. The van der Waals surface area contributed by atoms with E-state index >= 15 is 0 Å². The van der Waals surface area contributed by atoms with Gasteiger partial charge in [-0.1, -0.05) is 25.7 Å². The summed E-state index contributed by atoms with van der Waals surface area (Å²) in [7, 11) is 0. The number of amides is 1. The van der Waals surface area contributed by atoms with E-state index in [9.17, 15) is 4.79 Å². The fourth-order valence-electron chi connectivity index (χ4n) is 2.83. The summed E-state index contributed by atoms with van der Waals surface area (Å²) in [6.45, 7) is 5.36. The second-order valence-electron chi connectivity index (χ2n) is 5.58. The van der Waals surface area contributed by atoms with Gasteiger partial charge in [-0.2, -0.15) is 0 Å². The molecule has 1 aromatic heterocycles. The Bertz CT molecular complexity index is 451. The summed E-state index contributed by atoms with van der Waals surface area (Å²) in [5.74, 6) is 0.561. The minimum absolute atomic E-state index is 0.0219. The van der Waals surface area contributed by atoms with E-state index in [1.165, 1.54) is 25.7 Å². The maximum absolute atomic E-state index is 12.3. The molecule has 1 saturated carbocycles. The Balaban J connectivity index is 2.04. The van der Waals surface area contributed by atoms with Crippen LogP contribution in [0, 0.1) is 0 Å². The molecule has 0 aliphatic heterocycles. The van der Waals surface area contributed by atoms with Crippen molar-refractivity contribution in [3.05, 3.63) is 18.0 Å². The molecule has 1 aromatic rings. The number of nitrogens with zero attached hydrogens (tertiary/aromatic N) is 3. The molecule has 0 saturated heterocycles. The van der Waals surface area contributed by atoms with E-state index in [-0.39, 0.29) is 5.91 Å². The monoisotopic (exact) mass is 290 g/mol. The van der Waals surface area contributed by atoms with E-state index in [1.54, 1.807) is 17.2 Å². The summed E-state index contributed by atoms with van der Waals surface area (Å²) in [6.07, 6.45) is 9.16. The third-order valence-corrected chi connectivity index (χ3v) is 4.11. The van der Waals surface area contributed by atoms with Crippen molar-refractivity contribution in [2.75, 3.05) is 18.4 Å². The van der Waals surface area contributed by atoms with Crippen LogP contribution in [0.3, 0.4) is 0 Å². The average molecular weight is 290 g/mol. The molecule has 1 aliphatic carbocycles. The van der Waals surface area contributed by atoms with Crippen LogP contribution in [-0.2, 0) is 0 Å². The van der Waals surface area contributed by atoms with Gasteiger partial charge in [-0.05, 0) is 32.8 Å². The first kappa shape index (κ1) is 15.7. The van der Waals surface area contributed by atoms with Crippen LogP contribution in [0.15, 0.2) is 12.3 Å². The second kappa shape index (κ2) is 7.96. The highest BCUT2D eigenvalue weighted by Crippen LogP contribution is 2.19. The van der Waals surface area contributed by atoms with E-state index in [0.29, 0.717) is 30.8 Å². The summed E-state index contributed by atoms with van der Waals surface area (Å²) in [4.78, 5) is 22.8. The van der Waals surface area contributed by atoms with Gasteiger partial charge in [-0.15, -0.1) is 0 Å². The van der Waals surface area contributed by atoms with Gasteiger partial charge >= 0.3 is 0 Å². The Morgan fingerprint density at radius 1 is 1.24 bits per heavy atom. The lowest BCUT2D eigenvalue weighted by Gasteiger charge is -2.19. The van der Waals surface area contributed by atoms with Gasteiger partial charge in [0.2, 0.25) is 5.95 Å². The molecule has 1 amide bonds. The van der Waals surface area contributed by atoms with Crippen LogP contribution < -0.4 is 5.32 Å². The first-order chi connectivity index (χ1) is 10.2. The lowest BCUT2D eigenvalue weighted by molar-refractivity contribution is 0.0767. The molecular formula is C16H26N4O. The average Bonchev–Trinajstić information content (AvgIpc) is 2.77. The topological polar surface area (TPSA) is 58.1 Å². The molecule has 116 valence electrons. The first-order valence-corrected chi connectivity index (χ1v) is 8.13. The van der Waals surface area contributed by atoms with Gasteiger partial charge in [0.05, 0.1) is 0 Å². The highest BCUT2D eigenvalue weighted by atomic mass is 16.2. The van der Waals surface area contributed by atoms with Crippen LogP contribution in [0.2, 0.25) is 0 Å². The predicted molar refractivity (Wildman–Crippen MR) is 84.4 cm³/mol. The van der Waals surface area contributed by atoms with Crippen molar-refractivity contribution in [3.8, 4) is 0 Å². The van der Waals surface area contributed by atoms with E-state index < -0.39 is 0 Å². The zero-order chi connectivity index (χ0) is 15.1. The highest BCUT2D eigenvalue weighted by Gasteiger charge is 2.17. The first-order valence-electron chi connectivity index (χ1n) is 8.13. The smallest absolute Gasteiger partial charge is 0.272 e. The Kier molecular flexibility index (Phi) is 5.96. The van der Waals surface area contributed by atoms with E-state index in [0.717, 1.165) is 12.8 Å². The van der Waals surface area contributed by atoms with Gasteiger partial charge in [-0.3, -0.25) is 4.79 Å². The molecule has 0 bridgehead atoms. The van der Waals surface area contributed by atoms with Gasteiger partial charge in [0, 0.05) is 25.3 Å². The molecule has 1 N–H and O–H groups in total. The van der Waals surface area contributed by atoms with Gasteiger partial charge in [0.1, 0.15) is 5.69 Å². The number of anilines is 1. The van der Waals surface area contributed by atoms with Gasteiger partial charge in [0.15, 0.2) is 0 Å². The number of carbonyl (C=O) groups excluding carboxylic acids is 1. The van der Waals surface area contributed by atoms with Crippen molar-refractivity contribution < 1.29 is 4.79 Å². The number of rotatable bonds is 5. The number of nitrogens with one attached hydrogen (secondary N) is 1. The Hall–Kier alpha value is -1.65. The molecular weight excluding hydrogens is 264 g/mol. The number of hydrogen-bond donors (Lipinski definition) is 1. The Morgan fingerprint density at radius 3 is 2.52 bits per heavy atom. The zero-order valence-electron chi connectivity index (χ0n) is 13.1. The van der Waals surface area contributed by atoms with Crippen molar-refractivity contribution in [3.63, 3.8) is 0 Å². The van der Waals surface area contributed by atoms with Crippen molar-refractivity contribution in [1.29, 1.82) is 0 Å². The summed E-state index contributed by atoms with van der Waals surface area (Å²) in [6, 6.07) is 2.13. The Morgan fingerprint density at radius 2 is 1.90 bits per heavy atom. The maximum Gasteiger partial charge on any atom is 0.272 e. The SMILES string of the molecule is CCN(CC)C(=O)c1ccnc(NC2CCCCCC2)n1. The zero-order valence-corrected chi connectivity index (χ0v) is 13.1. The van der Waals surface area contributed by atoms with Crippen LogP contribution >= 0.6 is 0 Å². The minimum atomic E-state index is -0.0219. The van der Waals surface area contributed by atoms with Crippen LogP contribution in [0.25, 0.3) is 0 Å². The van der Waals surface area contributed by atoms with Crippen molar-refractivity contribution >= 4 is 11.9 Å². The number of aromatic nitrogens is 2. The van der Waals surface area contributed by atoms with Crippen molar-refractivity contribution in [2.24, 2.45) is 0 Å². The fourth-order valence-corrected chi connectivity index (χ4v) is 2.83. The number of carbonyl (C=O) groups is 1. The molecule has 5 heteroatoms. The quantitative estimate of drug-likeness (QED) is 0.847. The summed E-state index contributed by atoms with van der Waals surface area (Å²) >= 11 is 0. The summed E-state index contributed by atoms with van der Waals surface area (Å²) < 4.78 is 0. The summed E-state index contributed by atoms with van der Waals surface area (Å²) in [5.41, 5.74) is 0.477. The van der Waals surface area contributed by atoms with Crippen LogP contribution in [0.5, 0.6) is 0 Å². The normalized spacial score (nSPS) is 16.3. The molecule has 21 heavy (non-hydrogen) atoms. The molecule has 0 radical (unpaired) electrons. The molecule has 5 nitrogen and oxygen atoms in total.